The van der Waals surface area contributed by atoms with E-state index in [0.29, 0.717) is 25.2 Å². The standard InChI is InChI=1S/C24H22N2O3S/c27-24(15-10-19-6-2-1-3-7-19)25-22-11-13-23(14-12-22)30(28,29)26-17-16-20-8-4-5-9-21(20)18-26/h1-15H,16-18H2,(H,25,27)/b15-10+. The number of hydrogen-bond acceptors (Lipinski definition) is 3. The monoisotopic (exact) mass is 418 g/mol. The summed E-state index contributed by atoms with van der Waals surface area (Å²) in [7, 11) is -3.59. The van der Waals surface area contributed by atoms with Crippen LogP contribution in [0.3, 0.4) is 0 Å². The third-order valence-electron chi connectivity index (χ3n) is 5.08. The van der Waals surface area contributed by atoms with E-state index in [2.05, 4.69) is 5.32 Å². The highest BCUT2D eigenvalue weighted by Gasteiger charge is 2.28. The van der Waals surface area contributed by atoms with Crippen LogP contribution in [0.15, 0.2) is 89.8 Å². The highest BCUT2D eigenvalue weighted by molar-refractivity contribution is 7.89. The molecule has 0 spiro atoms. The summed E-state index contributed by atoms with van der Waals surface area (Å²) >= 11 is 0. The molecule has 1 aliphatic heterocycles. The van der Waals surface area contributed by atoms with Gasteiger partial charge in [-0.15, -0.1) is 0 Å². The predicted molar refractivity (Wildman–Crippen MR) is 118 cm³/mol. The number of carbonyl (C=O) groups is 1. The number of anilines is 1. The zero-order valence-corrected chi connectivity index (χ0v) is 17.2. The van der Waals surface area contributed by atoms with E-state index < -0.39 is 10.0 Å². The Bertz CT molecular complexity index is 1170. The molecule has 3 aromatic carbocycles. The molecule has 0 fully saturated rings. The van der Waals surface area contributed by atoms with Crippen molar-refractivity contribution in [3.05, 3.63) is 102 Å². The average Bonchev–Trinajstić information content (AvgIpc) is 2.78. The van der Waals surface area contributed by atoms with Crippen LogP contribution < -0.4 is 5.32 Å². The van der Waals surface area contributed by atoms with Gasteiger partial charge in [-0.2, -0.15) is 4.31 Å². The molecular weight excluding hydrogens is 396 g/mol. The lowest BCUT2D eigenvalue weighted by atomic mass is 10.0. The van der Waals surface area contributed by atoms with E-state index in [0.717, 1.165) is 11.1 Å². The molecule has 0 atom stereocenters. The Hall–Kier alpha value is -3.22. The second-order valence-corrected chi connectivity index (χ2v) is 9.05. The number of fused-ring (bicyclic) bond motifs is 1. The second kappa shape index (κ2) is 8.65. The van der Waals surface area contributed by atoms with Crippen molar-refractivity contribution in [1.29, 1.82) is 0 Å². The molecule has 5 nitrogen and oxygen atoms in total. The van der Waals surface area contributed by atoms with Crippen LogP contribution in [-0.2, 0) is 27.8 Å². The third kappa shape index (κ3) is 4.50. The molecule has 1 aliphatic rings. The van der Waals surface area contributed by atoms with Gasteiger partial charge in [-0.1, -0.05) is 54.6 Å². The largest absolute Gasteiger partial charge is 0.323 e. The molecule has 1 heterocycles. The smallest absolute Gasteiger partial charge is 0.248 e. The van der Waals surface area contributed by atoms with Gasteiger partial charge in [-0.25, -0.2) is 8.42 Å². The van der Waals surface area contributed by atoms with Crippen molar-refractivity contribution >= 4 is 27.7 Å². The lowest BCUT2D eigenvalue weighted by Gasteiger charge is -2.28. The fraction of sp³-hybridized carbons (Fsp3) is 0.125. The molecule has 30 heavy (non-hydrogen) atoms. The number of nitrogens with one attached hydrogen (secondary N) is 1. The van der Waals surface area contributed by atoms with Crippen LogP contribution in [-0.4, -0.2) is 25.2 Å². The number of nitrogens with zero attached hydrogens (tertiary/aromatic N) is 1. The van der Waals surface area contributed by atoms with E-state index in [4.69, 9.17) is 0 Å². The summed E-state index contributed by atoms with van der Waals surface area (Å²) in [6.45, 7) is 0.837. The Balaban J connectivity index is 1.43. The molecule has 0 unspecified atom stereocenters. The topological polar surface area (TPSA) is 66.5 Å². The van der Waals surface area contributed by atoms with Gasteiger partial charge in [-0.3, -0.25) is 4.79 Å². The molecule has 0 saturated heterocycles. The summed E-state index contributed by atoms with van der Waals surface area (Å²) in [5.41, 5.74) is 3.71. The highest BCUT2D eigenvalue weighted by Crippen LogP contribution is 2.25. The summed E-state index contributed by atoms with van der Waals surface area (Å²) in [6.07, 6.45) is 3.88. The van der Waals surface area contributed by atoms with Gasteiger partial charge in [0.1, 0.15) is 0 Å². The van der Waals surface area contributed by atoms with E-state index in [-0.39, 0.29) is 10.8 Å². The minimum absolute atomic E-state index is 0.222. The molecule has 152 valence electrons. The summed E-state index contributed by atoms with van der Waals surface area (Å²) in [4.78, 5) is 12.3. The molecule has 1 N–H and O–H groups in total. The summed E-state index contributed by atoms with van der Waals surface area (Å²) in [5, 5.41) is 2.75. The van der Waals surface area contributed by atoms with E-state index >= 15 is 0 Å². The van der Waals surface area contributed by atoms with E-state index in [1.807, 2.05) is 54.6 Å². The van der Waals surface area contributed by atoms with Crippen molar-refractivity contribution in [2.75, 3.05) is 11.9 Å². The molecule has 0 bridgehead atoms. The first-order valence-corrected chi connectivity index (χ1v) is 11.2. The van der Waals surface area contributed by atoms with Crippen LogP contribution in [0.25, 0.3) is 6.08 Å². The van der Waals surface area contributed by atoms with Gasteiger partial charge in [0.25, 0.3) is 0 Å². The zero-order chi connectivity index (χ0) is 21.0. The van der Waals surface area contributed by atoms with Crippen LogP contribution in [0.1, 0.15) is 16.7 Å². The van der Waals surface area contributed by atoms with Crippen molar-refractivity contribution in [3.8, 4) is 0 Å². The van der Waals surface area contributed by atoms with E-state index in [9.17, 15) is 13.2 Å². The molecule has 3 aromatic rings. The first-order chi connectivity index (χ1) is 14.5. The van der Waals surface area contributed by atoms with Crippen LogP contribution in [0, 0.1) is 0 Å². The summed E-state index contributed by atoms with van der Waals surface area (Å²) < 4.78 is 27.5. The first kappa shape index (κ1) is 20.1. The van der Waals surface area contributed by atoms with Gasteiger partial charge >= 0.3 is 0 Å². The lowest BCUT2D eigenvalue weighted by molar-refractivity contribution is -0.111. The molecule has 0 aromatic heterocycles. The van der Waals surface area contributed by atoms with Crippen molar-refractivity contribution in [3.63, 3.8) is 0 Å². The molecule has 0 saturated carbocycles. The van der Waals surface area contributed by atoms with Gasteiger partial charge in [-0.05, 0) is 53.5 Å². The second-order valence-electron chi connectivity index (χ2n) is 7.11. The Morgan fingerprint density at radius 1 is 0.867 bits per heavy atom. The summed E-state index contributed by atoms with van der Waals surface area (Å²) in [5.74, 6) is -0.276. The number of sulfonamides is 1. The maximum Gasteiger partial charge on any atom is 0.248 e. The number of amides is 1. The number of hydrogen-bond donors (Lipinski definition) is 1. The van der Waals surface area contributed by atoms with E-state index in [1.54, 1.807) is 18.2 Å². The summed E-state index contributed by atoms with van der Waals surface area (Å²) in [6, 6.07) is 23.7. The third-order valence-corrected chi connectivity index (χ3v) is 6.94. The maximum atomic E-state index is 13.0. The number of carbonyl (C=O) groups excluding carboxylic acids is 1. The minimum Gasteiger partial charge on any atom is -0.323 e. The average molecular weight is 419 g/mol. The fourth-order valence-corrected chi connectivity index (χ4v) is 4.87. The SMILES string of the molecule is O=C(/C=C/c1ccccc1)Nc1ccc(S(=O)(=O)N2CCc3ccccc3C2)cc1. The van der Waals surface area contributed by atoms with Crippen LogP contribution >= 0.6 is 0 Å². The van der Waals surface area contributed by atoms with Gasteiger partial charge in [0.05, 0.1) is 4.90 Å². The fourth-order valence-electron chi connectivity index (χ4n) is 3.45. The Morgan fingerprint density at radius 2 is 1.53 bits per heavy atom. The van der Waals surface area contributed by atoms with Crippen LogP contribution in [0.4, 0.5) is 5.69 Å². The zero-order valence-electron chi connectivity index (χ0n) is 16.4. The van der Waals surface area contributed by atoms with Crippen molar-refractivity contribution in [1.82, 2.24) is 4.31 Å². The van der Waals surface area contributed by atoms with Crippen molar-refractivity contribution in [2.45, 2.75) is 17.9 Å². The van der Waals surface area contributed by atoms with Gasteiger partial charge in [0.15, 0.2) is 0 Å². The quantitative estimate of drug-likeness (QED) is 0.635. The predicted octanol–water partition coefficient (Wildman–Crippen LogP) is 4.09. The van der Waals surface area contributed by atoms with Crippen molar-refractivity contribution < 1.29 is 13.2 Å². The molecule has 6 heteroatoms. The molecule has 1 amide bonds. The Kier molecular flexibility index (Phi) is 5.79. The van der Waals surface area contributed by atoms with Crippen LogP contribution in [0.5, 0.6) is 0 Å². The van der Waals surface area contributed by atoms with Gasteiger partial charge in [0, 0.05) is 24.9 Å². The van der Waals surface area contributed by atoms with Gasteiger partial charge < -0.3 is 5.32 Å². The molecule has 0 radical (unpaired) electrons. The molecule has 4 rings (SSSR count). The Labute approximate surface area is 176 Å². The highest BCUT2D eigenvalue weighted by atomic mass is 32.2. The van der Waals surface area contributed by atoms with Crippen LogP contribution in [0.2, 0.25) is 0 Å². The number of benzene rings is 3. The number of rotatable bonds is 5. The maximum absolute atomic E-state index is 13.0. The lowest BCUT2D eigenvalue weighted by Crippen LogP contribution is -2.35. The first-order valence-electron chi connectivity index (χ1n) is 9.73. The Morgan fingerprint density at radius 3 is 2.27 bits per heavy atom. The van der Waals surface area contributed by atoms with Gasteiger partial charge in [0.2, 0.25) is 15.9 Å². The van der Waals surface area contributed by atoms with Crippen molar-refractivity contribution in [2.24, 2.45) is 0 Å². The normalized spacial score (nSPS) is 14.4. The van der Waals surface area contributed by atoms with E-state index in [1.165, 1.54) is 28.1 Å². The molecular formula is C24H22N2O3S. The minimum atomic E-state index is -3.59. The molecule has 0 aliphatic carbocycles.